The molecule has 2 aromatic heterocycles. The van der Waals surface area contributed by atoms with Crippen LogP contribution in [0.25, 0.3) is 11.4 Å². The highest BCUT2D eigenvalue weighted by Gasteiger charge is 2.22. The minimum absolute atomic E-state index is 0.0852. The van der Waals surface area contributed by atoms with Crippen molar-refractivity contribution >= 4 is 17.7 Å². The number of furan rings is 1. The summed E-state index contributed by atoms with van der Waals surface area (Å²) in [5, 5.41) is 12.1. The van der Waals surface area contributed by atoms with Crippen molar-refractivity contribution in [1.82, 2.24) is 20.1 Å². The van der Waals surface area contributed by atoms with Crippen LogP contribution in [0.3, 0.4) is 0 Å². The lowest BCUT2D eigenvalue weighted by molar-refractivity contribution is -0.120. The molecule has 34 heavy (non-hydrogen) atoms. The van der Waals surface area contributed by atoms with Crippen molar-refractivity contribution in [3.05, 3.63) is 77.7 Å². The van der Waals surface area contributed by atoms with Gasteiger partial charge in [0.25, 0.3) is 0 Å². The first kappa shape index (κ1) is 22.1. The summed E-state index contributed by atoms with van der Waals surface area (Å²) < 4.78 is 18.3. The first-order chi connectivity index (χ1) is 16.6. The van der Waals surface area contributed by atoms with Crippen LogP contribution in [0, 0.1) is 6.92 Å². The fraction of sp³-hybridized carbons (Fsp3) is 0.240. The summed E-state index contributed by atoms with van der Waals surface area (Å²) in [5.74, 6) is 2.82. The number of benzene rings is 2. The fourth-order valence-electron chi connectivity index (χ4n) is 3.70. The number of aryl methyl sites for hydroxylation is 1. The molecular weight excluding hydrogens is 452 g/mol. The van der Waals surface area contributed by atoms with Gasteiger partial charge in [-0.3, -0.25) is 9.36 Å². The summed E-state index contributed by atoms with van der Waals surface area (Å²) in [4.78, 5) is 12.9. The average Bonchev–Trinajstić information content (AvgIpc) is 3.58. The molecule has 9 heteroatoms. The number of carbonyl (C=O) groups excluding carboxylic acids is 1. The summed E-state index contributed by atoms with van der Waals surface area (Å²) >= 11 is 1.38. The van der Waals surface area contributed by atoms with Gasteiger partial charge in [0.05, 0.1) is 23.6 Å². The van der Waals surface area contributed by atoms with E-state index in [1.165, 1.54) is 11.8 Å². The third-order valence-electron chi connectivity index (χ3n) is 5.56. The van der Waals surface area contributed by atoms with E-state index in [0.29, 0.717) is 29.8 Å². The van der Waals surface area contributed by atoms with E-state index in [0.717, 1.165) is 28.2 Å². The Balaban J connectivity index is 1.31. The number of hydrogen-bond donors (Lipinski definition) is 1. The third-order valence-corrected chi connectivity index (χ3v) is 6.64. The second-order valence-corrected chi connectivity index (χ2v) is 9.24. The Morgan fingerprint density at radius 1 is 1.09 bits per heavy atom. The fourth-order valence-corrected chi connectivity index (χ4v) is 4.57. The highest BCUT2D eigenvalue weighted by atomic mass is 32.2. The van der Waals surface area contributed by atoms with E-state index in [1.807, 2.05) is 60.9 Å². The second-order valence-electron chi connectivity index (χ2n) is 7.93. The Morgan fingerprint density at radius 3 is 2.71 bits per heavy atom. The maximum absolute atomic E-state index is 12.9. The van der Waals surface area contributed by atoms with E-state index in [1.54, 1.807) is 6.26 Å². The van der Waals surface area contributed by atoms with Gasteiger partial charge < -0.3 is 19.2 Å². The Bertz CT molecular complexity index is 1300. The van der Waals surface area contributed by atoms with Gasteiger partial charge in [0.1, 0.15) is 5.76 Å². The van der Waals surface area contributed by atoms with Crippen LogP contribution in [0.15, 0.2) is 70.4 Å². The Labute approximate surface area is 201 Å². The van der Waals surface area contributed by atoms with Crippen LogP contribution < -0.4 is 14.8 Å². The van der Waals surface area contributed by atoms with E-state index in [4.69, 9.17) is 13.9 Å². The molecule has 4 aromatic rings. The molecule has 1 N–H and O–H groups in total. The topological polar surface area (TPSA) is 91.4 Å². The molecule has 0 radical (unpaired) electrons. The maximum Gasteiger partial charge on any atom is 0.233 e. The lowest BCUT2D eigenvalue weighted by Gasteiger charge is -2.14. The molecule has 1 atom stereocenters. The van der Waals surface area contributed by atoms with E-state index < -0.39 is 0 Å². The summed E-state index contributed by atoms with van der Waals surface area (Å²) in [6.07, 6.45) is 1.64. The van der Waals surface area contributed by atoms with Crippen molar-refractivity contribution in [1.29, 1.82) is 0 Å². The van der Waals surface area contributed by atoms with Crippen LogP contribution in [0.5, 0.6) is 11.5 Å². The Hall–Kier alpha value is -3.72. The molecule has 3 heterocycles. The minimum Gasteiger partial charge on any atom is -0.469 e. The van der Waals surface area contributed by atoms with E-state index >= 15 is 0 Å². The number of aromatic nitrogens is 3. The molecule has 1 unspecified atom stereocenters. The quantitative estimate of drug-likeness (QED) is 0.376. The smallest absolute Gasteiger partial charge is 0.233 e. The van der Waals surface area contributed by atoms with Gasteiger partial charge in [-0.05, 0) is 43.2 Å². The van der Waals surface area contributed by atoms with Gasteiger partial charge in [0.15, 0.2) is 22.5 Å². The summed E-state index contributed by atoms with van der Waals surface area (Å²) in [6, 6.07) is 17.6. The van der Waals surface area contributed by atoms with Crippen LogP contribution in [0.4, 0.5) is 0 Å². The van der Waals surface area contributed by atoms with Crippen molar-refractivity contribution in [3.8, 4) is 22.9 Å². The number of carbonyl (C=O) groups is 1. The van der Waals surface area contributed by atoms with Crippen molar-refractivity contribution in [2.24, 2.45) is 0 Å². The molecule has 174 valence electrons. The number of ether oxygens (including phenoxy) is 2. The molecule has 8 nitrogen and oxygen atoms in total. The molecule has 5 rings (SSSR count). The molecule has 0 fully saturated rings. The lowest BCUT2D eigenvalue weighted by atomic mass is 10.2. The predicted octanol–water partition coefficient (Wildman–Crippen LogP) is 4.42. The van der Waals surface area contributed by atoms with Crippen molar-refractivity contribution < 1.29 is 18.7 Å². The minimum atomic E-state index is -0.369. The predicted molar refractivity (Wildman–Crippen MR) is 128 cm³/mol. The number of nitrogens with one attached hydrogen (secondary N) is 1. The first-order valence-corrected chi connectivity index (χ1v) is 11.8. The van der Waals surface area contributed by atoms with Gasteiger partial charge >= 0.3 is 0 Å². The summed E-state index contributed by atoms with van der Waals surface area (Å²) in [6.45, 7) is 4.97. The second kappa shape index (κ2) is 9.64. The molecule has 0 bridgehead atoms. The first-order valence-electron chi connectivity index (χ1n) is 10.9. The van der Waals surface area contributed by atoms with Gasteiger partial charge in [-0.2, -0.15) is 0 Å². The van der Waals surface area contributed by atoms with E-state index in [-0.39, 0.29) is 18.0 Å². The number of amides is 1. The van der Waals surface area contributed by atoms with Gasteiger partial charge in [-0.15, -0.1) is 10.2 Å². The van der Waals surface area contributed by atoms with E-state index in [2.05, 4.69) is 27.6 Å². The summed E-state index contributed by atoms with van der Waals surface area (Å²) in [5.41, 5.74) is 2.95. The zero-order chi connectivity index (χ0) is 23.5. The third kappa shape index (κ3) is 4.65. The van der Waals surface area contributed by atoms with Crippen LogP contribution >= 0.6 is 11.8 Å². The van der Waals surface area contributed by atoms with Crippen molar-refractivity contribution in [3.63, 3.8) is 0 Å². The molecule has 1 aliphatic heterocycles. The number of thioether (sulfide) groups is 1. The lowest BCUT2D eigenvalue weighted by Crippen LogP contribution is -2.30. The molecule has 1 aliphatic rings. The molecule has 2 aromatic carbocycles. The highest BCUT2D eigenvalue weighted by molar-refractivity contribution is 8.00. The molecular formula is C25H24N4O4S. The Kier molecular flexibility index (Phi) is 6.27. The molecule has 0 aliphatic carbocycles. The highest BCUT2D eigenvalue weighted by Crippen LogP contribution is 2.33. The molecule has 0 saturated heterocycles. The number of rotatable bonds is 8. The van der Waals surface area contributed by atoms with Crippen LogP contribution in [0.2, 0.25) is 0 Å². The Morgan fingerprint density at radius 2 is 1.91 bits per heavy atom. The van der Waals surface area contributed by atoms with Crippen LogP contribution in [0.1, 0.15) is 23.8 Å². The molecule has 1 amide bonds. The van der Waals surface area contributed by atoms with Gasteiger partial charge in [-0.1, -0.05) is 48.2 Å². The molecule has 0 spiro atoms. The normalized spacial score (nSPS) is 13.1. The van der Waals surface area contributed by atoms with Crippen LogP contribution in [-0.2, 0) is 17.9 Å². The molecule has 0 saturated carbocycles. The average molecular weight is 477 g/mol. The van der Waals surface area contributed by atoms with Crippen molar-refractivity contribution in [2.75, 3.05) is 6.79 Å². The zero-order valence-corrected chi connectivity index (χ0v) is 19.7. The van der Waals surface area contributed by atoms with Crippen LogP contribution in [-0.4, -0.2) is 32.7 Å². The van der Waals surface area contributed by atoms with Crippen molar-refractivity contribution in [2.45, 2.75) is 37.3 Å². The largest absolute Gasteiger partial charge is 0.469 e. The van der Waals surface area contributed by atoms with E-state index in [9.17, 15) is 4.79 Å². The van der Waals surface area contributed by atoms with Gasteiger partial charge in [0.2, 0.25) is 12.7 Å². The summed E-state index contributed by atoms with van der Waals surface area (Å²) in [7, 11) is 0. The number of hydrogen-bond acceptors (Lipinski definition) is 7. The van der Waals surface area contributed by atoms with Gasteiger partial charge in [0, 0.05) is 6.54 Å². The van der Waals surface area contributed by atoms with Gasteiger partial charge in [-0.25, -0.2) is 0 Å². The standard InChI is InChI=1S/C25H24N4O4S/c1-16-20(10-11-31-16)23-27-28-25(29(23)14-18-6-4-3-5-7-18)34-17(2)24(30)26-13-19-8-9-21-22(12-19)33-15-32-21/h3-12,17H,13-15H2,1-2H3,(H,26,30). The number of fused-ring (bicyclic) bond motifs is 1. The SMILES string of the molecule is Cc1occc1-c1nnc(SC(C)C(=O)NCc2ccc3c(c2)OCO3)n1Cc1ccccc1. The number of nitrogens with zero attached hydrogens (tertiary/aromatic N) is 3. The maximum atomic E-state index is 12.9. The zero-order valence-electron chi connectivity index (χ0n) is 18.9. The monoisotopic (exact) mass is 476 g/mol.